The van der Waals surface area contributed by atoms with Gasteiger partial charge in [-0.3, -0.25) is 9.59 Å². The van der Waals surface area contributed by atoms with Crippen LogP contribution in [0.15, 0.2) is 18.2 Å². The van der Waals surface area contributed by atoms with Crippen LogP contribution in [-0.2, 0) is 15.0 Å². The van der Waals surface area contributed by atoms with Gasteiger partial charge in [0.05, 0.1) is 11.5 Å². The molecule has 3 aliphatic rings. The smallest absolute Gasteiger partial charge is 0.233 e. The van der Waals surface area contributed by atoms with Crippen molar-refractivity contribution in [1.82, 2.24) is 10.2 Å². The molecule has 0 spiro atoms. The first kappa shape index (κ1) is 16.6. The van der Waals surface area contributed by atoms with Crippen molar-refractivity contribution in [2.75, 3.05) is 13.1 Å². The summed E-state index contributed by atoms with van der Waals surface area (Å²) in [5, 5.41) is 3.14. The highest BCUT2D eigenvalue weighted by atomic mass is 16.2. The van der Waals surface area contributed by atoms with Crippen LogP contribution in [0.5, 0.6) is 0 Å². The minimum Gasteiger partial charge on any atom is -0.351 e. The number of likely N-dealkylation sites (tertiary alicyclic amines) is 1. The average Bonchev–Trinajstić information content (AvgIpc) is 2.80. The Morgan fingerprint density at radius 1 is 1.12 bits per heavy atom. The molecule has 1 saturated carbocycles. The number of nitrogens with one attached hydrogen (secondary N) is 1. The first-order valence-electron chi connectivity index (χ1n) is 9.65. The van der Waals surface area contributed by atoms with Crippen molar-refractivity contribution in [2.45, 2.75) is 63.8 Å². The molecule has 4 heteroatoms. The van der Waals surface area contributed by atoms with Crippen LogP contribution in [-0.4, -0.2) is 35.8 Å². The molecule has 1 aromatic rings. The fourth-order valence-corrected chi connectivity index (χ4v) is 5.01. The summed E-state index contributed by atoms with van der Waals surface area (Å²) in [6.45, 7) is 5.70. The summed E-state index contributed by atoms with van der Waals surface area (Å²) < 4.78 is 0. The Kier molecular flexibility index (Phi) is 4.09. The van der Waals surface area contributed by atoms with Crippen LogP contribution >= 0.6 is 0 Å². The van der Waals surface area contributed by atoms with E-state index in [2.05, 4.69) is 37.4 Å². The van der Waals surface area contributed by atoms with Gasteiger partial charge in [0.2, 0.25) is 11.8 Å². The predicted octanol–water partition coefficient (Wildman–Crippen LogP) is 2.85. The summed E-state index contributed by atoms with van der Waals surface area (Å²) in [5.74, 6) is 0.854. The lowest BCUT2D eigenvalue weighted by Crippen LogP contribution is -2.51. The minimum absolute atomic E-state index is 0.148. The number of hydrogen-bond acceptors (Lipinski definition) is 2. The number of aryl methyl sites for hydroxylation is 2. The van der Waals surface area contributed by atoms with Crippen LogP contribution in [0.1, 0.15) is 55.2 Å². The third-order valence-electron chi connectivity index (χ3n) is 6.44. The average molecular weight is 340 g/mol. The predicted molar refractivity (Wildman–Crippen MR) is 97.3 cm³/mol. The lowest BCUT2D eigenvalue weighted by molar-refractivity contribution is -0.140. The van der Waals surface area contributed by atoms with Crippen molar-refractivity contribution in [1.29, 1.82) is 0 Å². The van der Waals surface area contributed by atoms with E-state index in [1.165, 1.54) is 16.7 Å². The molecule has 0 aromatic heterocycles. The summed E-state index contributed by atoms with van der Waals surface area (Å²) >= 11 is 0. The number of benzene rings is 1. The fraction of sp³-hybridized carbons (Fsp3) is 0.619. The Balaban J connectivity index is 1.58. The molecule has 134 valence electrons. The van der Waals surface area contributed by atoms with Crippen LogP contribution in [0.4, 0.5) is 0 Å². The molecule has 1 aromatic carbocycles. The number of nitrogens with zero attached hydrogens (tertiary/aromatic N) is 1. The van der Waals surface area contributed by atoms with Gasteiger partial charge in [-0.15, -0.1) is 0 Å². The maximum Gasteiger partial charge on any atom is 0.233 e. The van der Waals surface area contributed by atoms with Crippen molar-refractivity contribution in [3.8, 4) is 0 Å². The van der Waals surface area contributed by atoms with Crippen LogP contribution in [0.2, 0.25) is 0 Å². The Labute approximate surface area is 150 Å². The van der Waals surface area contributed by atoms with Crippen molar-refractivity contribution in [3.05, 3.63) is 34.9 Å². The summed E-state index contributed by atoms with van der Waals surface area (Å²) in [7, 11) is 0. The molecular weight excluding hydrogens is 312 g/mol. The zero-order valence-corrected chi connectivity index (χ0v) is 15.3. The summed E-state index contributed by atoms with van der Waals surface area (Å²) in [4.78, 5) is 27.4. The van der Waals surface area contributed by atoms with E-state index in [-0.39, 0.29) is 23.3 Å². The Morgan fingerprint density at radius 2 is 1.84 bits per heavy atom. The maximum absolute atomic E-state index is 13.5. The minimum atomic E-state index is -0.329. The molecule has 2 atom stereocenters. The summed E-state index contributed by atoms with van der Waals surface area (Å²) in [6, 6.07) is 6.71. The van der Waals surface area contributed by atoms with Crippen LogP contribution < -0.4 is 5.32 Å². The molecule has 2 aliphatic heterocycles. The molecule has 1 N–H and O–H groups in total. The van der Waals surface area contributed by atoms with E-state index >= 15 is 0 Å². The Morgan fingerprint density at radius 3 is 2.48 bits per heavy atom. The molecule has 2 heterocycles. The molecular formula is C21H28N2O2. The normalized spacial score (nSPS) is 27.9. The van der Waals surface area contributed by atoms with Gasteiger partial charge >= 0.3 is 0 Å². The highest BCUT2D eigenvalue weighted by Gasteiger charge is 2.50. The van der Waals surface area contributed by atoms with E-state index in [4.69, 9.17) is 0 Å². The number of carbonyl (C=O) groups is 2. The van der Waals surface area contributed by atoms with Crippen molar-refractivity contribution in [3.63, 3.8) is 0 Å². The highest BCUT2D eigenvalue weighted by Crippen LogP contribution is 2.46. The molecule has 2 amide bonds. The van der Waals surface area contributed by atoms with E-state index in [9.17, 15) is 9.59 Å². The van der Waals surface area contributed by atoms with Gasteiger partial charge in [-0.1, -0.05) is 35.7 Å². The van der Waals surface area contributed by atoms with Gasteiger partial charge in [0.15, 0.2) is 0 Å². The monoisotopic (exact) mass is 340 g/mol. The zero-order valence-electron chi connectivity index (χ0n) is 15.3. The topological polar surface area (TPSA) is 49.4 Å². The van der Waals surface area contributed by atoms with E-state index in [1.54, 1.807) is 0 Å². The third kappa shape index (κ3) is 2.86. The Bertz CT molecular complexity index is 688. The molecule has 4 rings (SSSR count). The summed E-state index contributed by atoms with van der Waals surface area (Å²) in [5.41, 5.74) is 3.32. The van der Waals surface area contributed by atoms with Gasteiger partial charge in [-0.2, -0.15) is 0 Å². The zero-order chi connectivity index (χ0) is 17.6. The van der Waals surface area contributed by atoms with E-state index in [0.29, 0.717) is 18.9 Å². The van der Waals surface area contributed by atoms with Crippen molar-refractivity contribution < 1.29 is 9.59 Å². The second kappa shape index (κ2) is 6.15. The van der Waals surface area contributed by atoms with Gasteiger partial charge < -0.3 is 10.2 Å². The molecule has 1 aliphatic carbocycles. The van der Waals surface area contributed by atoms with Gasteiger partial charge in [0.25, 0.3) is 0 Å². The second-order valence-electron chi connectivity index (χ2n) is 8.35. The van der Waals surface area contributed by atoms with Gasteiger partial charge in [-0.05, 0) is 51.0 Å². The largest absolute Gasteiger partial charge is 0.351 e. The van der Waals surface area contributed by atoms with E-state index in [1.807, 2.05) is 4.90 Å². The molecule has 2 saturated heterocycles. The SMILES string of the molecule is Cc1cc(C)cc(C2(C(=O)N3CC4CCCC(=O)NC4C3)CCC2)c1. The van der Waals surface area contributed by atoms with Crippen LogP contribution in [0.25, 0.3) is 0 Å². The number of fused-ring (bicyclic) bond motifs is 1. The van der Waals surface area contributed by atoms with E-state index < -0.39 is 0 Å². The molecule has 4 nitrogen and oxygen atoms in total. The lowest BCUT2D eigenvalue weighted by Gasteiger charge is -2.43. The summed E-state index contributed by atoms with van der Waals surface area (Å²) in [6.07, 6.45) is 5.64. The van der Waals surface area contributed by atoms with Crippen LogP contribution in [0, 0.1) is 19.8 Å². The van der Waals surface area contributed by atoms with Crippen molar-refractivity contribution in [2.24, 2.45) is 5.92 Å². The van der Waals surface area contributed by atoms with E-state index in [0.717, 1.165) is 38.6 Å². The Hall–Kier alpha value is -1.84. The second-order valence-corrected chi connectivity index (χ2v) is 8.35. The highest BCUT2D eigenvalue weighted by molar-refractivity contribution is 5.90. The first-order chi connectivity index (χ1) is 12.0. The molecule has 2 unspecified atom stereocenters. The molecule has 3 fully saturated rings. The maximum atomic E-state index is 13.5. The van der Waals surface area contributed by atoms with Gasteiger partial charge in [0.1, 0.15) is 0 Å². The lowest BCUT2D eigenvalue weighted by atomic mass is 9.63. The standard InChI is InChI=1S/C21H28N2O2/c1-14-9-15(2)11-17(10-14)21(7-4-8-21)20(25)23-12-16-5-3-6-19(24)22-18(16)13-23/h9-11,16,18H,3-8,12-13H2,1-2H3,(H,22,24). The molecule has 0 bridgehead atoms. The number of amides is 2. The molecule has 0 radical (unpaired) electrons. The number of hydrogen-bond donors (Lipinski definition) is 1. The van der Waals surface area contributed by atoms with Gasteiger partial charge in [-0.25, -0.2) is 0 Å². The van der Waals surface area contributed by atoms with Crippen molar-refractivity contribution >= 4 is 11.8 Å². The third-order valence-corrected chi connectivity index (χ3v) is 6.44. The first-order valence-corrected chi connectivity index (χ1v) is 9.65. The quantitative estimate of drug-likeness (QED) is 0.900. The van der Waals surface area contributed by atoms with Gasteiger partial charge in [0, 0.05) is 19.5 Å². The van der Waals surface area contributed by atoms with Crippen LogP contribution in [0.3, 0.4) is 0 Å². The fourth-order valence-electron chi connectivity index (χ4n) is 5.01. The number of carbonyl (C=O) groups excluding carboxylic acids is 2. The molecule has 25 heavy (non-hydrogen) atoms. The number of rotatable bonds is 2.